The summed E-state index contributed by atoms with van der Waals surface area (Å²) in [6.45, 7) is 4.51. The molecule has 0 aromatic rings. The zero-order valence-electron chi connectivity index (χ0n) is 14.1. The molecular formula is C16H35O3PSn. The van der Waals surface area contributed by atoms with Gasteiger partial charge in [-0.1, -0.05) is 0 Å². The molecule has 0 saturated carbocycles. The van der Waals surface area contributed by atoms with Crippen LogP contribution in [0, 0.1) is 0 Å². The van der Waals surface area contributed by atoms with Gasteiger partial charge in [-0.25, -0.2) is 0 Å². The van der Waals surface area contributed by atoms with E-state index in [1.807, 2.05) is 0 Å². The van der Waals surface area contributed by atoms with Gasteiger partial charge in [0.15, 0.2) is 0 Å². The maximum absolute atomic E-state index is 9.40. The number of hydrogen-bond donors (Lipinski definition) is 1. The molecule has 0 bridgehead atoms. The molecule has 21 heavy (non-hydrogen) atoms. The van der Waals surface area contributed by atoms with Crippen molar-refractivity contribution >= 4 is 27.8 Å². The summed E-state index contributed by atoms with van der Waals surface area (Å²) in [5.41, 5.74) is 0. The fraction of sp³-hybridized carbons (Fsp3) is 1.00. The van der Waals surface area contributed by atoms with Gasteiger partial charge in [-0.3, -0.25) is 0 Å². The molecule has 0 spiro atoms. The third-order valence-electron chi connectivity index (χ3n) is 4.31. The van der Waals surface area contributed by atoms with Gasteiger partial charge in [-0.15, -0.1) is 0 Å². The summed E-state index contributed by atoms with van der Waals surface area (Å²) in [6, 6.07) is 0. The van der Waals surface area contributed by atoms with Gasteiger partial charge >= 0.3 is 138 Å². The van der Waals surface area contributed by atoms with E-state index in [9.17, 15) is 4.89 Å². The second-order valence-corrected chi connectivity index (χ2v) is 18.4. The predicted octanol–water partition coefficient (Wildman–Crippen LogP) is 6.42. The van der Waals surface area contributed by atoms with Gasteiger partial charge in [0.25, 0.3) is 0 Å². The van der Waals surface area contributed by atoms with Gasteiger partial charge in [-0.05, 0) is 0 Å². The molecule has 0 amide bonds. The number of unbranched alkanes of at least 4 members (excludes halogenated alkanes) is 10. The van der Waals surface area contributed by atoms with Crippen molar-refractivity contribution in [1.82, 2.24) is 0 Å². The van der Waals surface area contributed by atoms with Crippen LogP contribution in [0.2, 0.25) is 8.87 Å². The van der Waals surface area contributed by atoms with Gasteiger partial charge in [-0.2, -0.15) is 0 Å². The molecule has 0 aliphatic carbocycles. The Morgan fingerprint density at radius 1 is 0.667 bits per heavy atom. The Morgan fingerprint density at radius 3 is 1.43 bits per heavy atom. The van der Waals surface area contributed by atoms with Crippen molar-refractivity contribution in [3.8, 4) is 0 Å². The summed E-state index contributed by atoms with van der Waals surface area (Å²) in [6.07, 6.45) is 15.9. The molecule has 1 rings (SSSR count). The Morgan fingerprint density at radius 2 is 1.05 bits per heavy atom. The van der Waals surface area contributed by atoms with Crippen molar-refractivity contribution in [2.45, 2.75) is 99.8 Å². The standard InChI is InChI=1S/2C8H17.HO3P.Sn/c2*1-3-5-7-8-6-4-2;1-4(2)3;/h2*1,3-8H2,2H3;1H;/q;;-2;+2. The van der Waals surface area contributed by atoms with Crippen LogP contribution in [0.4, 0.5) is 0 Å². The Bertz CT molecular complexity index is 230. The molecule has 3 nitrogen and oxygen atoms in total. The molecule has 0 aromatic heterocycles. The molecule has 1 N–H and O–H groups in total. The summed E-state index contributed by atoms with van der Waals surface area (Å²) in [7, 11) is -1.47. The van der Waals surface area contributed by atoms with Crippen molar-refractivity contribution in [1.29, 1.82) is 0 Å². The van der Waals surface area contributed by atoms with Crippen LogP contribution < -0.4 is 0 Å². The first-order valence-corrected chi connectivity index (χ1v) is 16.6. The molecule has 1 aliphatic heterocycles. The van der Waals surface area contributed by atoms with E-state index >= 15 is 0 Å². The van der Waals surface area contributed by atoms with Gasteiger partial charge in [0.2, 0.25) is 0 Å². The molecule has 1 fully saturated rings. The maximum atomic E-state index is 9.40. The first-order valence-electron chi connectivity index (χ1n) is 9.09. The molecule has 0 radical (unpaired) electrons. The van der Waals surface area contributed by atoms with Gasteiger partial charge in [0, 0.05) is 0 Å². The van der Waals surface area contributed by atoms with E-state index in [2.05, 4.69) is 13.8 Å². The van der Waals surface area contributed by atoms with Crippen molar-refractivity contribution in [3.05, 3.63) is 0 Å². The summed E-state index contributed by atoms with van der Waals surface area (Å²) >= 11 is -2.75. The van der Waals surface area contributed by atoms with Crippen LogP contribution in [-0.4, -0.2) is 24.1 Å². The predicted molar refractivity (Wildman–Crippen MR) is 93.4 cm³/mol. The van der Waals surface area contributed by atoms with E-state index in [0.717, 1.165) is 8.87 Å². The van der Waals surface area contributed by atoms with Gasteiger partial charge in [0.1, 0.15) is 0 Å². The molecule has 126 valence electrons. The monoisotopic (exact) mass is 426 g/mol. The van der Waals surface area contributed by atoms with Crippen LogP contribution in [0.3, 0.4) is 0 Å². The fourth-order valence-electron chi connectivity index (χ4n) is 2.95. The molecule has 1 saturated heterocycles. The molecule has 1 aliphatic rings. The SMILES string of the molecule is CCCCCCC[CH2][Sn]1([CH2]CCCCCCC)[O]P(O)[O]1. The molecular weight excluding hydrogens is 390 g/mol. The topological polar surface area (TPSA) is 38.7 Å². The Labute approximate surface area is 138 Å². The van der Waals surface area contributed by atoms with Crippen LogP contribution in [0.5, 0.6) is 0 Å². The van der Waals surface area contributed by atoms with Crippen molar-refractivity contribution in [2.24, 2.45) is 0 Å². The van der Waals surface area contributed by atoms with E-state index in [4.69, 9.17) is 5.72 Å². The van der Waals surface area contributed by atoms with Crippen LogP contribution in [-0.2, 0) is 5.72 Å². The quantitative estimate of drug-likeness (QED) is 0.199. The molecule has 0 aromatic carbocycles. The summed E-state index contributed by atoms with van der Waals surface area (Å²) in [4.78, 5) is 9.40. The summed E-state index contributed by atoms with van der Waals surface area (Å²) < 4.78 is 13.9. The zero-order chi connectivity index (χ0) is 15.4. The van der Waals surface area contributed by atoms with Crippen molar-refractivity contribution in [3.63, 3.8) is 0 Å². The first-order chi connectivity index (χ1) is 10.2. The second kappa shape index (κ2) is 12.5. The Kier molecular flexibility index (Phi) is 12.0. The average Bonchev–Trinajstić information content (AvgIpc) is 2.44. The van der Waals surface area contributed by atoms with E-state index in [-0.39, 0.29) is 0 Å². The van der Waals surface area contributed by atoms with E-state index in [1.54, 1.807) is 0 Å². The minimum atomic E-state index is -2.75. The van der Waals surface area contributed by atoms with E-state index < -0.39 is 27.8 Å². The second-order valence-electron chi connectivity index (χ2n) is 6.37. The minimum absolute atomic E-state index is 1.16. The summed E-state index contributed by atoms with van der Waals surface area (Å²) in [5.74, 6) is 0. The fourth-order valence-corrected chi connectivity index (χ4v) is 17.2. The van der Waals surface area contributed by atoms with Crippen LogP contribution in [0.15, 0.2) is 0 Å². The molecule has 0 unspecified atom stereocenters. The van der Waals surface area contributed by atoms with E-state index in [1.165, 1.54) is 77.0 Å². The van der Waals surface area contributed by atoms with Crippen LogP contribution in [0.25, 0.3) is 0 Å². The van der Waals surface area contributed by atoms with Gasteiger partial charge in [0.05, 0.1) is 0 Å². The molecule has 0 atom stereocenters. The van der Waals surface area contributed by atoms with Crippen LogP contribution in [0.1, 0.15) is 90.9 Å². The molecule has 5 heteroatoms. The third-order valence-corrected chi connectivity index (χ3v) is 20.0. The summed E-state index contributed by atoms with van der Waals surface area (Å²) in [5, 5.41) is 0. The van der Waals surface area contributed by atoms with Crippen molar-refractivity contribution in [2.75, 3.05) is 0 Å². The first kappa shape index (κ1) is 20.2. The number of rotatable bonds is 14. The van der Waals surface area contributed by atoms with Gasteiger partial charge < -0.3 is 0 Å². The average molecular weight is 425 g/mol. The van der Waals surface area contributed by atoms with E-state index in [0.29, 0.717) is 0 Å². The number of hydrogen-bond acceptors (Lipinski definition) is 3. The third kappa shape index (κ3) is 9.10. The van der Waals surface area contributed by atoms with Crippen LogP contribution >= 0.6 is 8.60 Å². The Balaban J connectivity index is 2.07. The van der Waals surface area contributed by atoms with Crippen molar-refractivity contribution < 1.29 is 10.6 Å². The zero-order valence-corrected chi connectivity index (χ0v) is 17.9. The molecule has 1 heterocycles. The Hall–Kier alpha value is 1.11. The normalized spacial score (nSPS) is 17.9.